The summed E-state index contributed by atoms with van der Waals surface area (Å²) in [6, 6.07) is 6.08. The summed E-state index contributed by atoms with van der Waals surface area (Å²) in [5.74, 6) is 0.184. The molecule has 0 saturated carbocycles. The molecule has 122 valence electrons. The van der Waals surface area contributed by atoms with Crippen molar-refractivity contribution in [3.8, 4) is 0 Å². The summed E-state index contributed by atoms with van der Waals surface area (Å²) in [5.41, 5.74) is 2.30. The van der Waals surface area contributed by atoms with Crippen LogP contribution in [0.25, 0.3) is 11.1 Å². The Morgan fingerprint density at radius 1 is 1.41 bits per heavy atom. The lowest BCUT2D eigenvalue weighted by molar-refractivity contribution is 0.0899. The molecule has 7 heteroatoms. The van der Waals surface area contributed by atoms with E-state index in [1.807, 2.05) is 19.1 Å². The number of halogens is 2. The van der Waals surface area contributed by atoms with Crippen LogP contribution in [0.2, 0.25) is 0 Å². The Morgan fingerprint density at radius 2 is 2.18 bits per heavy atom. The number of aromatic nitrogens is 1. The normalized spacial score (nSPS) is 20.8. The minimum atomic E-state index is -0.153. The van der Waals surface area contributed by atoms with Crippen molar-refractivity contribution in [2.75, 3.05) is 6.54 Å². The maximum absolute atomic E-state index is 12.2. The minimum Gasteiger partial charge on any atom is -0.449 e. The number of aryl methyl sites for hydroxylation is 1. The summed E-state index contributed by atoms with van der Waals surface area (Å²) in [6.07, 6.45) is 1.90. The fraction of sp³-hybridized carbons (Fsp3) is 0.467. The van der Waals surface area contributed by atoms with Crippen molar-refractivity contribution in [1.82, 2.24) is 15.6 Å². The Balaban J connectivity index is 0.00000121. The van der Waals surface area contributed by atoms with E-state index >= 15 is 0 Å². The molecule has 0 radical (unpaired) electrons. The molecule has 1 aliphatic rings. The number of nitrogens with one attached hydrogen (secondary N) is 2. The average molecular weight is 346 g/mol. The number of pyridine rings is 1. The highest BCUT2D eigenvalue weighted by atomic mass is 35.5. The number of carbonyl (C=O) groups is 1. The molecule has 1 saturated heterocycles. The van der Waals surface area contributed by atoms with Crippen LogP contribution in [0.4, 0.5) is 0 Å². The minimum absolute atomic E-state index is 0. The van der Waals surface area contributed by atoms with Crippen LogP contribution in [-0.4, -0.2) is 29.5 Å². The third-order valence-corrected chi connectivity index (χ3v) is 3.70. The molecule has 0 aromatic carbocycles. The first-order valence-corrected chi connectivity index (χ1v) is 7.03. The molecule has 0 aliphatic carbocycles. The summed E-state index contributed by atoms with van der Waals surface area (Å²) in [5, 5.41) is 6.41. The predicted octanol–water partition coefficient (Wildman–Crippen LogP) is 2.85. The molecule has 1 amide bonds. The van der Waals surface area contributed by atoms with Gasteiger partial charge in [0.25, 0.3) is 5.91 Å². The van der Waals surface area contributed by atoms with E-state index < -0.39 is 0 Å². The highest BCUT2D eigenvalue weighted by Gasteiger charge is 2.22. The second-order valence-corrected chi connectivity index (χ2v) is 5.50. The summed E-state index contributed by atoms with van der Waals surface area (Å²) < 4.78 is 5.56. The van der Waals surface area contributed by atoms with Crippen LogP contribution in [0, 0.1) is 6.92 Å². The number of furan rings is 1. The van der Waals surface area contributed by atoms with Gasteiger partial charge in [-0.2, -0.15) is 0 Å². The first-order valence-electron chi connectivity index (χ1n) is 7.03. The van der Waals surface area contributed by atoms with Crippen molar-refractivity contribution in [2.24, 2.45) is 0 Å². The zero-order valence-corrected chi connectivity index (χ0v) is 14.2. The number of fused-ring (bicyclic) bond motifs is 1. The lowest BCUT2D eigenvalue weighted by Gasteiger charge is -2.28. The molecule has 2 unspecified atom stereocenters. The van der Waals surface area contributed by atoms with Crippen molar-refractivity contribution in [3.63, 3.8) is 0 Å². The van der Waals surface area contributed by atoms with Gasteiger partial charge in [-0.25, -0.2) is 4.98 Å². The molecule has 2 aromatic rings. The highest BCUT2D eigenvalue weighted by Crippen LogP contribution is 2.18. The smallest absolute Gasteiger partial charge is 0.287 e. The van der Waals surface area contributed by atoms with Gasteiger partial charge in [-0.15, -0.1) is 24.8 Å². The third kappa shape index (κ3) is 4.12. The van der Waals surface area contributed by atoms with Gasteiger partial charge in [0.1, 0.15) is 5.52 Å². The van der Waals surface area contributed by atoms with Gasteiger partial charge in [0.15, 0.2) is 11.3 Å². The number of nitrogens with zero attached hydrogens (tertiary/aromatic N) is 1. The Morgan fingerprint density at radius 3 is 2.91 bits per heavy atom. The first-order chi connectivity index (χ1) is 9.61. The van der Waals surface area contributed by atoms with E-state index in [1.54, 1.807) is 6.07 Å². The molecule has 3 rings (SSSR count). The fourth-order valence-electron chi connectivity index (χ4n) is 2.66. The van der Waals surface area contributed by atoms with Crippen molar-refractivity contribution in [1.29, 1.82) is 0 Å². The number of carbonyl (C=O) groups excluding carboxylic acids is 1. The average Bonchev–Trinajstić information content (AvgIpc) is 2.81. The number of rotatable bonds is 2. The molecule has 0 spiro atoms. The molecule has 22 heavy (non-hydrogen) atoms. The van der Waals surface area contributed by atoms with E-state index in [4.69, 9.17) is 4.42 Å². The maximum Gasteiger partial charge on any atom is 0.287 e. The van der Waals surface area contributed by atoms with E-state index in [-0.39, 0.29) is 36.8 Å². The molecule has 0 bridgehead atoms. The molecule has 2 N–H and O–H groups in total. The zero-order chi connectivity index (χ0) is 14.1. The van der Waals surface area contributed by atoms with Gasteiger partial charge in [0.2, 0.25) is 0 Å². The van der Waals surface area contributed by atoms with E-state index in [1.165, 1.54) is 0 Å². The topological polar surface area (TPSA) is 67.2 Å². The largest absolute Gasteiger partial charge is 0.449 e. The van der Waals surface area contributed by atoms with Crippen molar-refractivity contribution < 1.29 is 9.21 Å². The van der Waals surface area contributed by atoms with Crippen LogP contribution in [-0.2, 0) is 0 Å². The van der Waals surface area contributed by atoms with Crippen molar-refractivity contribution in [2.45, 2.75) is 38.8 Å². The fourth-order valence-corrected chi connectivity index (χ4v) is 2.66. The zero-order valence-electron chi connectivity index (χ0n) is 12.6. The van der Waals surface area contributed by atoms with E-state index in [2.05, 4.69) is 22.5 Å². The monoisotopic (exact) mass is 345 g/mol. The standard InChI is InChI=1S/C15H19N3O2.2ClH/c1-9-3-4-13-12(17-9)8-14(20-13)15(19)18-11-5-6-16-10(2)7-11;;/h3-4,8,10-11,16H,5-7H2,1-2H3,(H,18,19);2*1H. The number of hydrogen-bond donors (Lipinski definition) is 2. The molecule has 2 atom stereocenters. The van der Waals surface area contributed by atoms with Gasteiger partial charge in [-0.05, 0) is 45.4 Å². The molecule has 5 nitrogen and oxygen atoms in total. The van der Waals surface area contributed by atoms with E-state index in [9.17, 15) is 4.79 Å². The Hall–Kier alpha value is -1.30. The molecular formula is C15H21Cl2N3O2. The number of piperidine rings is 1. The summed E-state index contributed by atoms with van der Waals surface area (Å²) in [7, 11) is 0. The van der Waals surface area contributed by atoms with E-state index in [0.29, 0.717) is 17.4 Å². The first kappa shape index (κ1) is 18.7. The molecule has 1 aliphatic heterocycles. The van der Waals surface area contributed by atoms with Crippen LogP contribution < -0.4 is 10.6 Å². The van der Waals surface area contributed by atoms with Crippen molar-refractivity contribution >= 4 is 41.8 Å². The van der Waals surface area contributed by atoms with Gasteiger partial charge in [-0.3, -0.25) is 4.79 Å². The Kier molecular flexibility index (Phi) is 6.66. The highest BCUT2D eigenvalue weighted by molar-refractivity contribution is 5.95. The lowest BCUT2D eigenvalue weighted by Crippen LogP contribution is -2.46. The van der Waals surface area contributed by atoms with Gasteiger partial charge < -0.3 is 15.1 Å². The summed E-state index contributed by atoms with van der Waals surface area (Å²) in [4.78, 5) is 16.6. The third-order valence-electron chi connectivity index (χ3n) is 3.70. The van der Waals surface area contributed by atoms with Gasteiger partial charge in [0, 0.05) is 23.8 Å². The van der Waals surface area contributed by atoms with Crippen LogP contribution in [0.1, 0.15) is 36.0 Å². The van der Waals surface area contributed by atoms with Crippen LogP contribution in [0.15, 0.2) is 22.6 Å². The van der Waals surface area contributed by atoms with Crippen LogP contribution >= 0.6 is 24.8 Å². The number of hydrogen-bond acceptors (Lipinski definition) is 4. The molecule has 1 fully saturated rings. The second-order valence-electron chi connectivity index (χ2n) is 5.50. The van der Waals surface area contributed by atoms with Crippen molar-refractivity contribution in [3.05, 3.63) is 29.7 Å². The summed E-state index contributed by atoms with van der Waals surface area (Å²) in [6.45, 7) is 4.99. The van der Waals surface area contributed by atoms with Crippen LogP contribution in [0.3, 0.4) is 0 Å². The molecule has 2 aromatic heterocycles. The SMILES string of the molecule is Cc1ccc2oc(C(=O)NC3CCNC(C)C3)cc2n1.Cl.Cl. The maximum atomic E-state index is 12.2. The predicted molar refractivity (Wildman–Crippen MR) is 91.2 cm³/mol. The van der Waals surface area contributed by atoms with Gasteiger partial charge in [0.05, 0.1) is 0 Å². The van der Waals surface area contributed by atoms with Gasteiger partial charge >= 0.3 is 0 Å². The molecular weight excluding hydrogens is 325 g/mol. The van der Waals surface area contributed by atoms with Crippen LogP contribution in [0.5, 0.6) is 0 Å². The Labute approximate surface area is 142 Å². The quantitative estimate of drug-likeness (QED) is 0.878. The van der Waals surface area contributed by atoms with E-state index in [0.717, 1.165) is 30.6 Å². The lowest BCUT2D eigenvalue weighted by atomic mass is 10.0. The summed E-state index contributed by atoms with van der Waals surface area (Å²) >= 11 is 0. The van der Waals surface area contributed by atoms with Gasteiger partial charge in [-0.1, -0.05) is 0 Å². The number of amides is 1. The Bertz CT molecular complexity index is 645. The second kappa shape index (κ2) is 7.81. The molecule has 3 heterocycles.